The molecule has 0 heterocycles. The second kappa shape index (κ2) is 9.23. The molecule has 0 aliphatic carbocycles. The van der Waals surface area contributed by atoms with E-state index in [1.54, 1.807) is 0 Å². The van der Waals surface area contributed by atoms with E-state index in [-0.39, 0.29) is 0 Å². The van der Waals surface area contributed by atoms with Crippen LogP contribution in [0.1, 0.15) is 18.9 Å². The summed E-state index contributed by atoms with van der Waals surface area (Å²) in [5.74, 6) is 0. The minimum absolute atomic E-state index is 0.899. The zero-order valence-corrected chi connectivity index (χ0v) is 10.5. The molecular formula is C11H18OSi. The Morgan fingerprint density at radius 3 is 2.23 bits per heavy atom. The van der Waals surface area contributed by atoms with Crippen molar-refractivity contribution in [3.05, 3.63) is 42.5 Å². The molecule has 72 valence electrons. The largest absolute Gasteiger partial charge is 0.428 e. The molecule has 0 saturated carbocycles. The van der Waals surface area contributed by atoms with Gasteiger partial charge in [0.25, 0.3) is 0 Å². The molecule has 0 aromatic heterocycles. The SMILES string of the molecule is C=Cc1ccccc1.CCCO[SiH3]. The van der Waals surface area contributed by atoms with Crippen LogP contribution in [0.4, 0.5) is 0 Å². The highest BCUT2D eigenvalue weighted by Gasteiger charge is 1.75. The van der Waals surface area contributed by atoms with Crippen molar-refractivity contribution in [2.24, 2.45) is 0 Å². The van der Waals surface area contributed by atoms with E-state index in [4.69, 9.17) is 4.43 Å². The summed E-state index contributed by atoms with van der Waals surface area (Å²) in [5.41, 5.74) is 1.17. The van der Waals surface area contributed by atoms with Gasteiger partial charge in [-0.2, -0.15) is 0 Å². The standard InChI is InChI=1S/C8H8.C3H10OSi/c1-2-8-6-4-3-5-7-8;1-2-3-4-5/h2-7H,1H2;2-3H2,1,5H3. The quantitative estimate of drug-likeness (QED) is 0.669. The first-order valence-corrected chi connectivity index (χ1v) is 5.33. The lowest BCUT2D eigenvalue weighted by atomic mass is 10.2. The first-order valence-electron chi connectivity index (χ1n) is 4.51. The molecule has 0 radical (unpaired) electrons. The van der Waals surface area contributed by atoms with E-state index >= 15 is 0 Å². The topological polar surface area (TPSA) is 9.23 Å². The maximum atomic E-state index is 4.83. The number of hydrogen-bond donors (Lipinski definition) is 0. The predicted molar refractivity (Wildman–Crippen MR) is 62.7 cm³/mol. The van der Waals surface area contributed by atoms with Crippen LogP contribution in [0, 0.1) is 0 Å². The minimum atomic E-state index is 0.899. The Labute approximate surface area is 84.0 Å². The Morgan fingerprint density at radius 1 is 1.38 bits per heavy atom. The van der Waals surface area contributed by atoms with E-state index < -0.39 is 0 Å². The fraction of sp³-hybridized carbons (Fsp3) is 0.273. The molecule has 0 spiro atoms. The number of rotatable bonds is 3. The van der Waals surface area contributed by atoms with E-state index in [1.807, 2.05) is 36.4 Å². The van der Waals surface area contributed by atoms with Crippen LogP contribution in [0.15, 0.2) is 36.9 Å². The molecule has 0 saturated heterocycles. The van der Waals surface area contributed by atoms with Crippen LogP contribution >= 0.6 is 0 Å². The Morgan fingerprint density at radius 2 is 2.00 bits per heavy atom. The van der Waals surface area contributed by atoms with Gasteiger partial charge in [0.1, 0.15) is 10.5 Å². The van der Waals surface area contributed by atoms with E-state index in [2.05, 4.69) is 13.5 Å². The molecule has 1 aromatic rings. The third kappa shape index (κ3) is 7.50. The van der Waals surface area contributed by atoms with Gasteiger partial charge in [-0.3, -0.25) is 0 Å². The molecule has 0 fully saturated rings. The van der Waals surface area contributed by atoms with Crippen LogP contribution in [0.5, 0.6) is 0 Å². The van der Waals surface area contributed by atoms with Crippen LogP contribution in [0.3, 0.4) is 0 Å². The third-order valence-corrected chi connectivity index (χ3v) is 1.85. The van der Waals surface area contributed by atoms with E-state index in [0.29, 0.717) is 0 Å². The summed E-state index contributed by atoms with van der Waals surface area (Å²) in [4.78, 5) is 0. The molecule has 1 rings (SSSR count). The highest BCUT2D eigenvalue weighted by atomic mass is 28.2. The predicted octanol–water partition coefficient (Wildman–Crippen LogP) is 2.02. The Bertz CT molecular complexity index is 207. The van der Waals surface area contributed by atoms with Crippen molar-refractivity contribution in [3.63, 3.8) is 0 Å². The summed E-state index contributed by atoms with van der Waals surface area (Å²) in [7, 11) is 0.899. The van der Waals surface area contributed by atoms with Crippen LogP contribution in [0.2, 0.25) is 0 Å². The van der Waals surface area contributed by atoms with Crippen molar-refractivity contribution in [2.75, 3.05) is 6.61 Å². The second-order valence-corrected chi connectivity index (χ2v) is 3.18. The molecule has 0 N–H and O–H groups in total. The molecule has 0 bridgehead atoms. The monoisotopic (exact) mass is 194 g/mol. The zero-order valence-electron chi connectivity index (χ0n) is 8.49. The maximum Gasteiger partial charge on any atom is 0.145 e. The van der Waals surface area contributed by atoms with E-state index in [1.165, 1.54) is 5.56 Å². The van der Waals surface area contributed by atoms with Crippen molar-refractivity contribution >= 4 is 16.6 Å². The Balaban J connectivity index is 0.000000252. The number of benzene rings is 1. The van der Waals surface area contributed by atoms with Crippen molar-refractivity contribution in [1.82, 2.24) is 0 Å². The number of hydrogen-bond acceptors (Lipinski definition) is 1. The first kappa shape index (κ1) is 12.1. The molecule has 0 amide bonds. The Hall–Kier alpha value is -0.863. The summed E-state index contributed by atoms with van der Waals surface area (Å²) in [6, 6.07) is 10.0. The maximum absolute atomic E-state index is 4.83. The summed E-state index contributed by atoms with van der Waals surface area (Å²) in [5, 5.41) is 0. The Kier molecular flexibility index (Phi) is 8.61. The van der Waals surface area contributed by atoms with Crippen LogP contribution in [-0.4, -0.2) is 17.1 Å². The fourth-order valence-corrected chi connectivity index (χ4v) is 1.20. The lowest BCUT2D eigenvalue weighted by Crippen LogP contribution is -1.83. The molecule has 13 heavy (non-hydrogen) atoms. The molecular weight excluding hydrogens is 176 g/mol. The smallest absolute Gasteiger partial charge is 0.145 e. The molecule has 0 aliphatic heterocycles. The van der Waals surface area contributed by atoms with Gasteiger partial charge in [-0.1, -0.05) is 49.9 Å². The average molecular weight is 194 g/mol. The molecule has 2 heteroatoms. The lowest BCUT2D eigenvalue weighted by Gasteiger charge is -1.85. The van der Waals surface area contributed by atoms with Gasteiger partial charge < -0.3 is 4.43 Å². The van der Waals surface area contributed by atoms with Gasteiger partial charge in [-0.25, -0.2) is 0 Å². The van der Waals surface area contributed by atoms with Gasteiger partial charge in [0.05, 0.1) is 0 Å². The van der Waals surface area contributed by atoms with Crippen molar-refractivity contribution in [1.29, 1.82) is 0 Å². The minimum Gasteiger partial charge on any atom is -0.428 e. The molecule has 0 unspecified atom stereocenters. The summed E-state index contributed by atoms with van der Waals surface area (Å²) >= 11 is 0. The fourth-order valence-electron chi connectivity index (χ4n) is 0.793. The highest BCUT2D eigenvalue weighted by Crippen LogP contribution is 1.97. The zero-order chi connectivity index (χ0) is 9.94. The molecule has 1 nitrogen and oxygen atoms in total. The van der Waals surface area contributed by atoms with Gasteiger partial charge >= 0.3 is 0 Å². The second-order valence-electron chi connectivity index (χ2n) is 2.61. The average Bonchev–Trinajstić information content (AvgIpc) is 2.21. The summed E-state index contributed by atoms with van der Waals surface area (Å²) in [6.45, 7) is 6.69. The van der Waals surface area contributed by atoms with Gasteiger partial charge in [-0.15, -0.1) is 0 Å². The van der Waals surface area contributed by atoms with Crippen LogP contribution < -0.4 is 0 Å². The normalized spacial score (nSPS) is 8.69. The van der Waals surface area contributed by atoms with Crippen LogP contribution in [0.25, 0.3) is 6.08 Å². The first-order chi connectivity index (χ1) is 6.35. The van der Waals surface area contributed by atoms with Gasteiger partial charge in [0.2, 0.25) is 0 Å². The molecule has 0 aliphatic rings. The molecule has 0 atom stereocenters. The summed E-state index contributed by atoms with van der Waals surface area (Å²) in [6.07, 6.45) is 2.99. The van der Waals surface area contributed by atoms with Gasteiger partial charge in [-0.05, 0) is 12.0 Å². The van der Waals surface area contributed by atoms with E-state index in [9.17, 15) is 0 Å². The van der Waals surface area contributed by atoms with Crippen molar-refractivity contribution in [3.8, 4) is 0 Å². The lowest BCUT2D eigenvalue weighted by molar-refractivity contribution is 0.349. The third-order valence-electron chi connectivity index (χ3n) is 1.44. The van der Waals surface area contributed by atoms with Crippen LogP contribution in [-0.2, 0) is 4.43 Å². The van der Waals surface area contributed by atoms with Gasteiger partial charge in [0.15, 0.2) is 0 Å². The summed E-state index contributed by atoms with van der Waals surface area (Å²) < 4.78 is 4.83. The molecule has 1 aromatic carbocycles. The van der Waals surface area contributed by atoms with Crippen molar-refractivity contribution in [2.45, 2.75) is 13.3 Å². The van der Waals surface area contributed by atoms with Crippen molar-refractivity contribution < 1.29 is 4.43 Å². The highest BCUT2D eigenvalue weighted by molar-refractivity contribution is 5.97. The van der Waals surface area contributed by atoms with Gasteiger partial charge in [0, 0.05) is 6.61 Å². The van der Waals surface area contributed by atoms with E-state index in [0.717, 1.165) is 23.5 Å².